The minimum absolute atomic E-state index is 0.102. The van der Waals surface area contributed by atoms with Gasteiger partial charge in [0.05, 0.1) is 0 Å². The van der Waals surface area contributed by atoms with Crippen molar-refractivity contribution in [3.05, 3.63) is 11.7 Å². The first-order valence-electron chi connectivity index (χ1n) is 5.85. The summed E-state index contributed by atoms with van der Waals surface area (Å²) in [4.78, 5) is 28.8. The van der Waals surface area contributed by atoms with Crippen LogP contribution in [0.25, 0.3) is 0 Å². The van der Waals surface area contributed by atoms with E-state index >= 15 is 0 Å². The van der Waals surface area contributed by atoms with E-state index in [2.05, 4.69) is 10.1 Å². The summed E-state index contributed by atoms with van der Waals surface area (Å²) in [5, 5.41) is 3.74. The average molecular weight is 237 g/mol. The Labute approximate surface area is 99.0 Å². The van der Waals surface area contributed by atoms with Crippen LogP contribution in [-0.2, 0) is 22.6 Å². The predicted molar refractivity (Wildman–Crippen MR) is 57.7 cm³/mol. The average Bonchev–Trinajstić information content (AvgIpc) is 2.72. The van der Waals surface area contributed by atoms with E-state index < -0.39 is 0 Å². The highest BCUT2D eigenvalue weighted by Gasteiger charge is 2.25. The van der Waals surface area contributed by atoms with Crippen molar-refractivity contribution in [1.29, 1.82) is 0 Å². The Morgan fingerprint density at radius 3 is 2.41 bits per heavy atom. The highest BCUT2D eigenvalue weighted by atomic mass is 16.5. The quantitative estimate of drug-likeness (QED) is 0.735. The number of hydrogen-bond acceptors (Lipinski definition) is 5. The molecule has 2 amide bonds. The normalized spacial score (nSPS) is 17.4. The van der Waals surface area contributed by atoms with Gasteiger partial charge in [-0.15, -0.1) is 0 Å². The largest absolute Gasteiger partial charge is 0.337 e. The second-order valence-corrected chi connectivity index (χ2v) is 4.04. The molecule has 0 spiro atoms. The molecule has 1 aliphatic rings. The number of carbonyl (C=O) groups excluding carboxylic acids is 2. The van der Waals surface area contributed by atoms with Gasteiger partial charge >= 0.3 is 0 Å². The van der Waals surface area contributed by atoms with E-state index in [0.717, 1.165) is 12.8 Å². The summed E-state index contributed by atoms with van der Waals surface area (Å²) in [5.74, 6) is 0.618. The van der Waals surface area contributed by atoms with Gasteiger partial charge in [0.1, 0.15) is 6.54 Å². The second kappa shape index (κ2) is 5.07. The molecule has 0 aliphatic carbocycles. The number of hydrogen-bond donors (Lipinski definition) is 0. The first-order chi connectivity index (χ1) is 8.20. The molecule has 1 saturated heterocycles. The lowest BCUT2D eigenvalue weighted by molar-refractivity contribution is -0.144. The molecule has 0 radical (unpaired) electrons. The van der Waals surface area contributed by atoms with Crippen LogP contribution in [0.1, 0.15) is 44.3 Å². The molecule has 1 aromatic heterocycles. The van der Waals surface area contributed by atoms with Gasteiger partial charge in [-0.3, -0.25) is 14.5 Å². The topological polar surface area (TPSA) is 76.3 Å². The van der Waals surface area contributed by atoms with Crippen LogP contribution in [-0.4, -0.2) is 26.9 Å². The van der Waals surface area contributed by atoms with Crippen molar-refractivity contribution in [2.24, 2.45) is 0 Å². The van der Waals surface area contributed by atoms with Gasteiger partial charge in [0.25, 0.3) is 0 Å². The summed E-state index contributed by atoms with van der Waals surface area (Å²) in [6, 6.07) is 0. The highest BCUT2D eigenvalue weighted by molar-refractivity contribution is 5.95. The van der Waals surface area contributed by atoms with Gasteiger partial charge in [0.2, 0.25) is 17.7 Å². The van der Waals surface area contributed by atoms with Crippen molar-refractivity contribution >= 4 is 11.8 Å². The number of imide groups is 1. The van der Waals surface area contributed by atoms with Crippen LogP contribution >= 0.6 is 0 Å². The first kappa shape index (κ1) is 11.8. The van der Waals surface area contributed by atoms with Crippen molar-refractivity contribution in [3.8, 4) is 0 Å². The van der Waals surface area contributed by atoms with Crippen LogP contribution in [0.3, 0.4) is 0 Å². The van der Waals surface area contributed by atoms with E-state index in [9.17, 15) is 9.59 Å². The SMILES string of the molecule is CCc1noc(CN2C(=O)CCCCC2=O)n1. The maximum absolute atomic E-state index is 11.7. The molecule has 1 aromatic rings. The standard InChI is InChI=1S/C11H15N3O3/c1-2-8-12-9(17-13-8)7-14-10(15)5-3-4-6-11(14)16/h2-7H2,1H3. The first-order valence-corrected chi connectivity index (χ1v) is 5.85. The van der Waals surface area contributed by atoms with Crippen LogP contribution < -0.4 is 0 Å². The Morgan fingerprint density at radius 1 is 1.24 bits per heavy atom. The molecule has 1 fully saturated rings. The summed E-state index contributed by atoms with van der Waals surface area (Å²) in [5.41, 5.74) is 0. The van der Waals surface area contributed by atoms with Gasteiger partial charge in [-0.05, 0) is 12.8 Å². The summed E-state index contributed by atoms with van der Waals surface area (Å²) in [7, 11) is 0. The lowest BCUT2D eigenvalue weighted by Crippen LogP contribution is -2.34. The molecule has 92 valence electrons. The maximum Gasteiger partial charge on any atom is 0.246 e. The molecule has 2 rings (SSSR count). The van der Waals surface area contributed by atoms with E-state index in [1.54, 1.807) is 0 Å². The number of rotatable bonds is 3. The fourth-order valence-corrected chi connectivity index (χ4v) is 1.77. The van der Waals surface area contributed by atoms with Gasteiger partial charge in [0, 0.05) is 19.3 Å². The third kappa shape index (κ3) is 2.69. The lowest BCUT2D eigenvalue weighted by Gasteiger charge is -2.15. The van der Waals surface area contributed by atoms with Gasteiger partial charge in [-0.1, -0.05) is 12.1 Å². The summed E-state index contributed by atoms with van der Waals surface area (Å²) >= 11 is 0. The Hall–Kier alpha value is -1.72. The summed E-state index contributed by atoms with van der Waals surface area (Å²) in [6.07, 6.45) is 3.04. The van der Waals surface area contributed by atoms with Crippen LogP contribution in [0.4, 0.5) is 0 Å². The minimum atomic E-state index is -0.149. The number of aryl methyl sites for hydroxylation is 1. The fourth-order valence-electron chi connectivity index (χ4n) is 1.77. The van der Waals surface area contributed by atoms with Crippen molar-refractivity contribution < 1.29 is 14.1 Å². The number of nitrogens with zero attached hydrogens (tertiary/aromatic N) is 3. The number of likely N-dealkylation sites (tertiary alicyclic amines) is 1. The molecular weight excluding hydrogens is 222 g/mol. The second-order valence-electron chi connectivity index (χ2n) is 4.04. The molecule has 0 atom stereocenters. The van der Waals surface area contributed by atoms with Crippen molar-refractivity contribution in [2.75, 3.05) is 0 Å². The Balaban J connectivity index is 2.09. The van der Waals surface area contributed by atoms with E-state index in [1.165, 1.54) is 4.90 Å². The molecule has 0 unspecified atom stereocenters. The van der Waals surface area contributed by atoms with Crippen LogP contribution in [0.5, 0.6) is 0 Å². The van der Waals surface area contributed by atoms with Crippen molar-refractivity contribution in [3.63, 3.8) is 0 Å². The smallest absolute Gasteiger partial charge is 0.246 e. The molecule has 0 aromatic carbocycles. The highest BCUT2D eigenvalue weighted by Crippen LogP contribution is 2.15. The van der Waals surface area contributed by atoms with E-state index in [4.69, 9.17) is 4.52 Å². The fraction of sp³-hybridized carbons (Fsp3) is 0.636. The minimum Gasteiger partial charge on any atom is -0.337 e. The van der Waals surface area contributed by atoms with Gasteiger partial charge in [-0.2, -0.15) is 4.98 Å². The molecule has 0 bridgehead atoms. The molecule has 2 heterocycles. The van der Waals surface area contributed by atoms with E-state index in [0.29, 0.717) is 31.0 Å². The molecule has 0 N–H and O–H groups in total. The summed E-state index contributed by atoms with van der Waals surface area (Å²) < 4.78 is 4.99. The van der Waals surface area contributed by atoms with Gasteiger partial charge in [0.15, 0.2) is 5.82 Å². The predicted octanol–water partition coefficient (Wildman–Crippen LogP) is 1.06. The van der Waals surface area contributed by atoms with E-state index in [-0.39, 0.29) is 18.4 Å². The van der Waals surface area contributed by atoms with Gasteiger partial charge in [-0.25, -0.2) is 0 Å². The number of carbonyl (C=O) groups is 2. The van der Waals surface area contributed by atoms with Crippen LogP contribution in [0.2, 0.25) is 0 Å². The molecule has 17 heavy (non-hydrogen) atoms. The third-order valence-corrected chi connectivity index (χ3v) is 2.75. The van der Waals surface area contributed by atoms with Crippen LogP contribution in [0, 0.1) is 0 Å². The Morgan fingerprint density at radius 2 is 1.88 bits per heavy atom. The molecule has 6 nitrogen and oxygen atoms in total. The molecule has 0 saturated carbocycles. The number of amides is 2. The zero-order valence-electron chi connectivity index (χ0n) is 9.81. The monoisotopic (exact) mass is 237 g/mol. The molecule has 6 heteroatoms. The zero-order valence-corrected chi connectivity index (χ0v) is 9.81. The van der Waals surface area contributed by atoms with E-state index in [1.807, 2.05) is 6.92 Å². The van der Waals surface area contributed by atoms with Crippen LogP contribution in [0.15, 0.2) is 4.52 Å². The Bertz CT molecular complexity index is 409. The van der Waals surface area contributed by atoms with Crippen molar-refractivity contribution in [2.45, 2.75) is 45.6 Å². The molecular formula is C11H15N3O3. The van der Waals surface area contributed by atoms with Gasteiger partial charge < -0.3 is 4.52 Å². The van der Waals surface area contributed by atoms with Crippen molar-refractivity contribution in [1.82, 2.24) is 15.0 Å². The third-order valence-electron chi connectivity index (χ3n) is 2.75. The molecule has 1 aliphatic heterocycles. The maximum atomic E-state index is 11.7. The summed E-state index contributed by atoms with van der Waals surface area (Å²) in [6.45, 7) is 2.02. The number of aromatic nitrogens is 2. The zero-order chi connectivity index (χ0) is 12.3. The Kier molecular flexibility index (Phi) is 3.51. The lowest BCUT2D eigenvalue weighted by atomic mass is 10.2.